The third-order valence-electron chi connectivity index (χ3n) is 4.01. The molecule has 0 atom stereocenters. The zero-order valence-corrected chi connectivity index (χ0v) is 15.1. The topological polar surface area (TPSA) is 75.7 Å². The molecule has 1 rings (SSSR count). The molecule has 0 aliphatic carbocycles. The van der Waals surface area contributed by atoms with Crippen LogP contribution in [0.15, 0.2) is 24.3 Å². The van der Waals surface area contributed by atoms with Crippen molar-refractivity contribution >= 4 is 6.08 Å². The Balaban J connectivity index is 2.85. The first kappa shape index (κ1) is 22.5. The van der Waals surface area contributed by atoms with Crippen molar-refractivity contribution in [1.82, 2.24) is 0 Å². The summed E-state index contributed by atoms with van der Waals surface area (Å²) in [5, 5.41) is 18.3. The lowest BCUT2D eigenvalue weighted by molar-refractivity contribution is -0.139. The maximum absolute atomic E-state index is 13.3. The number of hydrogen-bond acceptors (Lipinski definition) is 4. The average Bonchev–Trinajstić information content (AvgIpc) is 2.62. The summed E-state index contributed by atoms with van der Waals surface area (Å²) in [4.78, 5) is 0. The van der Waals surface area contributed by atoms with Crippen LogP contribution in [0, 0.1) is 0 Å². The number of aliphatic hydroxyl groups excluding tert-OH is 2. The second-order valence-corrected chi connectivity index (χ2v) is 6.40. The fourth-order valence-electron chi connectivity index (χ4n) is 2.30. The van der Waals surface area contributed by atoms with Crippen LogP contribution in [0.5, 0.6) is 5.75 Å². The molecule has 1 aromatic carbocycles. The van der Waals surface area contributed by atoms with Gasteiger partial charge >= 0.3 is 6.18 Å². The van der Waals surface area contributed by atoms with Gasteiger partial charge in [-0.1, -0.05) is 50.8 Å². The van der Waals surface area contributed by atoms with Crippen LogP contribution < -0.4 is 10.5 Å². The van der Waals surface area contributed by atoms with Crippen molar-refractivity contribution in [3.05, 3.63) is 35.4 Å². The van der Waals surface area contributed by atoms with E-state index in [9.17, 15) is 13.2 Å². The maximum atomic E-state index is 13.3. The standard InChI is InChI=1S/C19H28F3NO3/c1-2-3-4-5-6-11-26-17-8-7-15(12-16(17)19(20,21)22)9-10-18(23,13-24)14-25/h7-10,12,24-25H,2-6,11,13-14,23H2,1H3. The van der Waals surface area contributed by atoms with Gasteiger partial charge in [-0.2, -0.15) is 13.2 Å². The van der Waals surface area contributed by atoms with Crippen molar-refractivity contribution < 1.29 is 28.1 Å². The van der Waals surface area contributed by atoms with Crippen LogP contribution in [0.2, 0.25) is 0 Å². The lowest BCUT2D eigenvalue weighted by atomic mass is 10.0. The first-order valence-electron chi connectivity index (χ1n) is 8.79. The van der Waals surface area contributed by atoms with Gasteiger partial charge in [-0.05, 0) is 24.1 Å². The molecule has 1 aromatic rings. The molecule has 148 valence electrons. The van der Waals surface area contributed by atoms with Crippen LogP contribution >= 0.6 is 0 Å². The minimum absolute atomic E-state index is 0.200. The zero-order chi connectivity index (χ0) is 19.6. The van der Waals surface area contributed by atoms with E-state index < -0.39 is 30.5 Å². The molecule has 4 N–H and O–H groups in total. The van der Waals surface area contributed by atoms with Crippen molar-refractivity contribution in [1.29, 1.82) is 0 Å². The summed E-state index contributed by atoms with van der Waals surface area (Å²) in [6, 6.07) is 3.73. The van der Waals surface area contributed by atoms with Crippen LogP contribution in [0.25, 0.3) is 6.08 Å². The average molecular weight is 375 g/mol. The van der Waals surface area contributed by atoms with Gasteiger partial charge in [-0.15, -0.1) is 0 Å². The monoisotopic (exact) mass is 375 g/mol. The Morgan fingerprint density at radius 3 is 2.31 bits per heavy atom. The summed E-state index contributed by atoms with van der Waals surface area (Å²) in [6.45, 7) is 1.29. The van der Waals surface area contributed by atoms with Gasteiger partial charge in [0.1, 0.15) is 5.75 Å². The summed E-state index contributed by atoms with van der Waals surface area (Å²) < 4.78 is 45.2. The third-order valence-corrected chi connectivity index (χ3v) is 4.01. The third kappa shape index (κ3) is 7.35. The van der Waals surface area contributed by atoms with Crippen LogP contribution in [0.4, 0.5) is 13.2 Å². The van der Waals surface area contributed by atoms with Gasteiger partial charge in [0.15, 0.2) is 0 Å². The van der Waals surface area contributed by atoms with Gasteiger partial charge in [0.05, 0.1) is 30.9 Å². The minimum Gasteiger partial charge on any atom is -0.493 e. The molecule has 0 saturated heterocycles. The smallest absolute Gasteiger partial charge is 0.419 e. The molecule has 0 aromatic heterocycles. The van der Waals surface area contributed by atoms with Crippen LogP contribution in [-0.4, -0.2) is 35.6 Å². The molecule has 0 heterocycles. The predicted octanol–water partition coefficient (Wildman–Crippen LogP) is 3.75. The normalized spacial score (nSPS) is 12.7. The van der Waals surface area contributed by atoms with E-state index in [1.807, 2.05) is 0 Å². The van der Waals surface area contributed by atoms with Crippen molar-refractivity contribution in [2.24, 2.45) is 5.73 Å². The Kier molecular flexibility index (Phi) is 9.12. The molecule has 0 aliphatic rings. The quantitative estimate of drug-likeness (QED) is 0.515. The molecule has 0 unspecified atom stereocenters. The SMILES string of the molecule is CCCCCCCOc1ccc(C=CC(N)(CO)CO)cc1C(F)(F)F. The van der Waals surface area contributed by atoms with E-state index >= 15 is 0 Å². The Labute approximate surface area is 152 Å². The Morgan fingerprint density at radius 2 is 1.73 bits per heavy atom. The van der Waals surface area contributed by atoms with Crippen molar-refractivity contribution in [3.63, 3.8) is 0 Å². The number of benzene rings is 1. The number of aliphatic hydroxyl groups is 2. The largest absolute Gasteiger partial charge is 0.493 e. The van der Waals surface area contributed by atoms with Crippen LogP contribution in [0.3, 0.4) is 0 Å². The number of alkyl halides is 3. The molecule has 7 heteroatoms. The molecule has 0 fully saturated rings. The van der Waals surface area contributed by atoms with Crippen molar-refractivity contribution in [2.45, 2.75) is 50.7 Å². The van der Waals surface area contributed by atoms with E-state index in [0.717, 1.165) is 31.7 Å². The van der Waals surface area contributed by atoms with Gasteiger partial charge in [-0.3, -0.25) is 0 Å². The van der Waals surface area contributed by atoms with E-state index in [1.54, 1.807) is 0 Å². The number of rotatable bonds is 11. The summed E-state index contributed by atoms with van der Waals surface area (Å²) >= 11 is 0. The second-order valence-electron chi connectivity index (χ2n) is 6.40. The molecule has 26 heavy (non-hydrogen) atoms. The van der Waals surface area contributed by atoms with Gasteiger partial charge < -0.3 is 20.7 Å². The summed E-state index contributed by atoms with van der Waals surface area (Å²) in [5.41, 5.74) is 3.69. The highest BCUT2D eigenvalue weighted by molar-refractivity contribution is 5.55. The van der Waals surface area contributed by atoms with E-state index in [-0.39, 0.29) is 17.9 Å². The van der Waals surface area contributed by atoms with Crippen molar-refractivity contribution in [3.8, 4) is 5.75 Å². The molecule has 0 spiro atoms. The molecule has 0 bridgehead atoms. The van der Waals surface area contributed by atoms with E-state index in [2.05, 4.69) is 6.92 Å². The number of hydrogen-bond donors (Lipinski definition) is 3. The van der Waals surface area contributed by atoms with Gasteiger partial charge in [-0.25, -0.2) is 0 Å². The summed E-state index contributed by atoms with van der Waals surface area (Å²) in [6.07, 6.45) is 2.98. The van der Waals surface area contributed by atoms with E-state index in [4.69, 9.17) is 20.7 Å². The molecular formula is C19H28F3NO3. The van der Waals surface area contributed by atoms with Gasteiger partial charge in [0.25, 0.3) is 0 Å². The molecule has 0 saturated carbocycles. The minimum atomic E-state index is -4.55. The predicted molar refractivity (Wildman–Crippen MR) is 95.8 cm³/mol. The molecule has 0 aliphatic heterocycles. The first-order chi connectivity index (χ1) is 12.3. The zero-order valence-electron chi connectivity index (χ0n) is 15.1. The first-order valence-corrected chi connectivity index (χ1v) is 8.79. The Morgan fingerprint density at radius 1 is 1.08 bits per heavy atom. The van der Waals surface area contributed by atoms with E-state index in [1.165, 1.54) is 24.3 Å². The fourth-order valence-corrected chi connectivity index (χ4v) is 2.30. The van der Waals surface area contributed by atoms with E-state index in [0.29, 0.717) is 6.42 Å². The Hall–Kier alpha value is -1.57. The van der Waals surface area contributed by atoms with Crippen LogP contribution in [0.1, 0.15) is 50.2 Å². The molecular weight excluding hydrogens is 347 g/mol. The number of unbranched alkanes of at least 4 members (excludes halogenated alkanes) is 4. The highest BCUT2D eigenvalue weighted by Gasteiger charge is 2.34. The lowest BCUT2D eigenvalue weighted by Gasteiger charge is -2.20. The summed E-state index contributed by atoms with van der Waals surface area (Å²) in [7, 11) is 0. The molecule has 0 amide bonds. The number of ether oxygens (including phenoxy) is 1. The number of nitrogens with two attached hydrogens (primary N) is 1. The van der Waals surface area contributed by atoms with Gasteiger partial charge in [0, 0.05) is 0 Å². The lowest BCUT2D eigenvalue weighted by Crippen LogP contribution is -2.45. The summed E-state index contributed by atoms with van der Waals surface area (Å²) in [5.74, 6) is -0.200. The Bertz CT molecular complexity index is 570. The highest BCUT2D eigenvalue weighted by atomic mass is 19.4. The molecule has 4 nitrogen and oxygen atoms in total. The van der Waals surface area contributed by atoms with Crippen molar-refractivity contribution in [2.75, 3.05) is 19.8 Å². The molecule has 0 radical (unpaired) electrons. The number of halogens is 3. The second kappa shape index (κ2) is 10.5. The maximum Gasteiger partial charge on any atom is 0.419 e. The fraction of sp³-hybridized carbons (Fsp3) is 0.579. The highest BCUT2D eigenvalue weighted by Crippen LogP contribution is 2.37. The van der Waals surface area contributed by atoms with Crippen LogP contribution in [-0.2, 0) is 6.18 Å². The van der Waals surface area contributed by atoms with Gasteiger partial charge in [0.2, 0.25) is 0 Å².